The number of nitrogens with one attached hydrogen (secondary N) is 5. The molecule has 8 heteroatoms. The van der Waals surface area contributed by atoms with Gasteiger partial charge in [-0.3, -0.25) is 14.9 Å². The van der Waals surface area contributed by atoms with E-state index in [0.717, 1.165) is 12.8 Å². The van der Waals surface area contributed by atoms with E-state index in [2.05, 4.69) is 34.0 Å². The van der Waals surface area contributed by atoms with E-state index in [9.17, 15) is 4.79 Å². The van der Waals surface area contributed by atoms with E-state index in [1.165, 1.54) is 25.7 Å². The zero-order valence-electron chi connectivity index (χ0n) is 14.2. The van der Waals surface area contributed by atoms with Crippen LogP contribution in [-0.2, 0) is 14.6 Å². The highest BCUT2D eigenvalue weighted by atomic mass is 16.8. The van der Waals surface area contributed by atoms with Gasteiger partial charge in [-0.25, -0.2) is 4.94 Å². The summed E-state index contributed by atoms with van der Waals surface area (Å²) in [5.41, 5.74) is 8.56. The number of hydrogen-bond acceptors (Lipinski definition) is 7. The molecule has 2 aliphatic heterocycles. The van der Waals surface area contributed by atoms with Crippen molar-refractivity contribution in [2.24, 2.45) is 17.8 Å². The molecule has 2 saturated heterocycles. The molecule has 136 valence electrons. The third-order valence-electron chi connectivity index (χ3n) is 6.20. The molecule has 2 saturated carbocycles. The Morgan fingerprint density at radius 3 is 2.79 bits per heavy atom. The first-order valence-corrected chi connectivity index (χ1v) is 9.36. The second kappa shape index (κ2) is 7.23. The maximum absolute atomic E-state index is 12.3. The molecule has 1 amide bonds. The summed E-state index contributed by atoms with van der Waals surface area (Å²) in [5, 5.41) is 6.78. The number of fused-ring (bicyclic) bond motifs is 1. The Hall–Kier alpha value is -0.770. The molecule has 0 aromatic carbocycles. The van der Waals surface area contributed by atoms with Crippen molar-refractivity contribution in [3.63, 3.8) is 0 Å². The Morgan fingerprint density at radius 1 is 1.17 bits per heavy atom. The van der Waals surface area contributed by atoms with Gasteiger partial charge in [-0.1, -0.05) is 6.92 Å². The van der Waals surface area contributed by atoms with E-state index in [0.29, 0.717) is 30.3 Å². The van der Waals surface area contributed by atoms with Crippen LogP contribution in [0.2, 0.25) is 0 Å². The van der Waals surface area contributed by atoms with Crippen LogP contribution in [0.5, 0.6) is 0 Å². The van der Waals surface area contributed by atoms with E-state index in [1.807, 2.05) is 0 Å². The van der Waals surface area contributed by atoms with Crippen molar-refractivity contribution in [1.29, 1.82) is 0 Å². The van der Waals surface area contributed by atoms with Gasteiger partial charge in [0.15, 0.2) is 0 Å². The zero-order chi connectivity index (χ0) is 16.5. The van der Waals surface area contributed by atoms with Crippen molar-refractivity contribution >= 4 is 5.91 Å². The largest absolute Gasteiger partial charge is 0.352 e. The van der Waals surface area contributed by atoms with E-state index in [-0.39, 0.29) is 24.3 Å². The summed E-state index contributed by atoms with van der Waals surface area (Å²) in [6, 6.07) is 0.0328. The maximum Gasteiger partial charge on any atom is 0.241 e. The van der Waals surface area contributed by atoms with Crippen molar-refractivity contribution < 1.29 is 14.6 Å². The summed E-state index contributed by atoms with van der Waals surface area (Å²) in [6.45, 7) is 2.65. The molecule has 2 heterocycles. The van der Waals surface area contributed by atoms with Gasteiger partial charge in [0, 0.05) is 12.6 Å². The Kier molecular flexibility index (Phi) is 5.03. The molecular weight excluding hydrogens is 310 g/mol. The first-order valence-electron chi connectivity index (χ1n) is 9.36. The fraction of sp³-hybridized carbons (Fsp3) is 0.938. The fourth-order valence-electron chi connectivity index (χ4n) is 4.84. The van der Waals surface area contributed by atoms with Crippen molar-refractivity contribution in [2.45, 2.75) is 69.9 Å². The lowest BCUT2D eigenvalue weighted by Gasteiger charge is -2.36. The molecule has 7 atom stereocenters. The fourth-order valence-corrected chi connectivity index (χ4v) is 4.84. The molecule has 0 aromatic rings. The van der Waals surface area contributed by atoms with Crippen molar-refractivity contribution in [3.8, 4) is 0 Å². The minimum atomic E-state index is -0.282. The number of carbonyl (C=O) groups excluding carboxylic acids is 1. The summed E-state index contributed by atoms with van der Waals surface area (Å²) < 4.78 is 0. The number of carbonyl (C=O) groups is 1. The van der Waals surface area contributed by atoms with Gasteiger partial charge in [0.1, 0.15) is 12.3 Å². The number of rotatable bonds is 4. The van der Waals surface area contributed by atoms with Crippen LogP contribution in [0.25, 0.3) is 0 Å². The van der Waals surface area contributed by atoms with E-state index >= 15 is 0 Å². The summed E-state index contributed by atoms with van der Waals surface area (Å²) in [4.78, 5) is 22.7. The SMILES string of the molecule is CCC1NC(C2CCC3C(CC[C@H]3NC(=O)C3CNON3)C2)NO1. The molecule has 24 heavy (non-hydrogen) atoms. The van der Waals surface area contributed by atoms with Crippen LogP contribution >= 0.6 is 0 Å². The van der Waals surface area contributed by atoms with Crippen molar-refractivity contribution in [3.05, 3.63) is 0 Å². The van der Waals surface area contributed by atoms with Crippen LogP contribution in [0.15, 0.2) is 0 Å². The zero-order valence-corrected chi connectivity index (χ0v) is 14.2. The standard InChI is InChI=1S/C16H29N5O3/c1-2-14-19-15(21-23-14)10-3-5-11-9(7-10)4-6-12(11)18-16(22)13-8-17-24-20-13/h9-15,17,19-21H,2-8H2,1H3,(H,18,22)/t9?,10?,11?,12-,13?,14?,15?/m1/s1. The molecule has 0 spiro atoms. The smallest absolute Gasteiger partial charge is 0.241 e. The Balaban J connectivity index is 1.29. The summed E-state index contributed by atoms with van der Waals surface area (Å²) >= 11 is 0. The maximum atomic E-state index is 12.3. The quantitative estimate of drug-likeness (QED) is 0.488. The first kappa shape index (κ1) is 16.7. The lowest BCUT2D eigenvalue weighted by atomic mass is 9.74. The van der Waals surface area contributed by atoms with Crippen LogP contribution in [0.4, 0.5) is 0 Å². The molecule has 8 nitrogen and oxygen atoms in total. The number of hydrogen-bond donors (Lipinski definition) is 5. The molecule has 4 aliphatic rings. The lowest BCUT2D eigenvalue weighted by Crippen LogP contribution is -2.49. The second-order valence-corrected chi connectivity index (χ2v) is 7.59. The van der Waals surface area contributed by atoms with Gasteiger partial charge in [0.05, 0.1) is 6.17 Å². The average Bonchev–Trinajstić information content (AvgIpc) is 3.35. The van der Waals surface area contributed by atoms with Crippen LogP contribution in [0, 0.1) is 17.8 Å². The van der Waals surface area contributed by atoms with Crippen molar-refractivity contribution in [2.75, 3.05) is 6.54 Å². The lowest BCUT2D eigenvalue weighted by molar-refractivity contribution is -0.125. The molecular formula is C16H29N5O3. The third kappa shape index (κ3) is 3.31. The van der Waals surface area contributed by atoms with Gasteiger partial charge in [0.25, 0.3) is 0 Å². The highest BCUT2D eigenvalue weighted by molar-refractivity contribution is 5.82. The van der Waals surface area contributed by atoms with Gasteiger partial charge < -0.3 is 5.32 Å². The summed E-state index contributed by atoms with van der Waals surface area (Å²) in [7, 11) is 0. The highest BCUT2D eigenvalue weighted by Crippen LogP contribution is 2.45. The predicted octanol–water partition coefficient (Wildman–Crippen LogP) is -0.108. The molecule has 0 aromatic heterocycles. The van der Waals surface area contributed by atoms with Gasteiger partial charge in [-0.15, -0.1) is 0 Å². The summed E-state index contributed by atoms with van der Waals surface area (Å²) in [6.07, 6.45) is 7.28. The third-order valence-corrected chi connectivity index (χ3v) is 6.20. The van der Waals surface area contributed by atoms with Crippen LogP contribution < -0.4 is 27.1 Å². The molecule has 0 radical (unpaired) electrons. The number of amides is 1. The van der Waals surface area contributed by atoms with E-state index < -0.39 is 0 Å². The van der Waals surface area contributed by atoms with E-state index in [4.69, 9.17) is 9.78 Å². The summed E-state index contributed by atoms with van der Waals surface area (Å²) in [5.74, 6) is 1.99. The highest BCUT2D eigenvalue weighted by Gasteiger charge is 2.44. The minimum Gasteiger partial charge on any atom is -0.352 e. The molecule has 5 N–H and O–H groups in total. The molecule has 0 bridgehead atoms. The van der Waals surface area contributed by atoms with Crippen LogP contribution in [0.1, 0.15) is 45.4 Å². The van der Waals surface area contributed by atoms with Crippen molar-refractivity contribution in [1.82, 2.24) is 27.1 Å². The van der Waals surface area contributed by atoms with Gasteiger partial charge in [-0.05, 0) is 56.3 Å². The molecule has 4 fully saturated rings. The van der Waals surface area contributed by atoms with Gasteiger partial charge >= 0.3 is 0 Å². The van der Waals surface area contributed by atoms with E-state index in [1.54, 1.807) is 0 Å². The Morgan fingerprint density at radius 2 is 2.04 bits per heavy atom. The monoisotopic (exact) mass is 339 g/mol. The number of hydroxylamine groups is 3. The molecule has 2 aliphatic carbocycles. The molecule has 6 unspecified atom stereocenters. The predicted molar refractivity (Wildman–Crippen MR) is 86.7 cm³/mol. The minimum absolute atomic E-state index is 0.0473. The first-order chi connectivity index (χ1) is 11.7. The normalized spacial score (nSPS) is 45.3. The Labute approximate surface area is 142 Å². The molecule has 4 rings (SSSR count). The topological polar surface area (TPSA) is 95.7 Å². The van der Waals surface area contributed by atoms with Crippen LogP contribution in [0.3, 0.4) is 0 Å². The van der Waals surface area contributed by atoms with Gasteiger partial charge in [0.2, 0.25) is 5.91 Å². The second-order valence-electron chi connectivity index (χ2n) is 7.59. The van der Waals surface area contributed by atoms with Crippen LogP contribution in [-0.4, -0.2) is 36.9 Å². The Bertz CT molecular complexity index is 459. The van der Waals surface area contributed by atoms with Gasteiger partial charge in [-0.2, -0.15) is 16.4 Å². The average molecular weight is 339 g/mol.